The second-order valence-electron chi connectivity index (χ2n) is 7.69. The summed E-state index contributed by atoms with van der Waals surface area (Å²) in [7, 11) is 0. The molecule has 0 aliphatic carbocycles. The minimum Gasteiger partial charge on any atom is -0.376 e. The van der Waals surface area contributed by atoms with Crippen LogP contribution >= 0.6 is 0 Å². The fraction of sp³-hybridized carbons (Fsp3) is 0.722. The first-order chi connectivity index (χ1) is 12.6. The van der Waals surface area contributed by atoms with Crippen LogP contribution in [0.4, 0.5) is 16.6 Å². The zero-order chi connectivity index (χ0) is 18.1. The van der Waals surface area contributed by atoms with Crippen molar-refractivity contribution in [2.45, 2.75) is 44.9 Å². The molecule has 26 heavy (non-hydrogen) atoms. The summed E-state index contributed by atoms with van der Waals surface area (Å²) in [5.74, 6) is 2.04. The van der Waals surface area contributed by atoms with Crippen molar-refractivity contribution in [3.8, 4) is 0 Å². The second kappa shape index (κ2) is 7.26. The van der Waals surface area contributed by atoms with Crippen LogP contribution in [0, 0.1) is 5.92 Å². The third-order valence-corrected chi connectivity index (χ3v) is 5.51. The molecule has 2 N–H and O–H groups in total. The maximum absolute atomic E-state index is 11.8. The fourth-order valence-electron chi connectivity index (χ4n) is 4.17. The first-order valence-electron chi connectivity index (χ1n) is 9.62. The number of urea groups is 1. The van der Waals surface area contributed by atoms with Gasteiger partial charge in [0.1, 0.15) is 5.82 Å². The van der Waals surface area contributed by atoms with E-state index in [4.69, 9.17) is 9.72 Å². The standard InChI is InChI=1S/C18H28N6O2/c1-12(2)16-14(4-3-9-26-16)21-15-5-6-19-17(22-15)23-7-8-24-13(11-23)10-20-18(24)25/h5-6,12-14,16H,3-4,7-11H2,1-2H3,(H,20,25)(H,19,21,22). The lowest BCUT2D eigenvalue weighted by Crippen LogP contribution is -2.52. The summed E-state index contributed by atoms with van der Waals surface area (Å²) in [5, 5.41) is 6.47. The number of piperazine rings is 1. The molecular weight excluding hydrogens is 332 g/mol. The number of rotatable bonds is 4. The maximum Gasteiger partial charge on any atom is 0.317 e. The fourth-order valence-corrected chi connectivity index (χ4v) is 4.17. The summed E-state index contributed by atoms with van der Waals surface area (Å²) in [5.41, 5.74) is 0. The molecule has 3 aliphatic rings. The third-order valence-electron chi connectivity index (χ3n) is 5.51. The Morgan fingerprint density at radius 3 is 3.12 bits per heavy atom. The van der Waals surface area contributed by atoms with E-state index in [0.29, 0.717) is 19.0 Å². The number of anilines is 2. The highest BCUT2D eigenvalue weighted by atomic mass is 16.5. The molecule has 2 amide bonds. The molecule has 3 atom stereocenters. The molecule has 142 valence electrons. The van der Waals surface area contributed by atoms with Gasteiger partial charge in [-0.2, -0.15) is 4.98 Å². The summed E-state index contributed by atoms with van der Waals surface area (Å²) < 4.78 is 5.97. The van der Waals surface area contributed by atoms with Crippen molar-refractivity contribution in [3.05, 3.63) is 12.3 Å². The van der Waals surface area contributed by atoms with E-state index in [1.54, 1.807) is 0 Å². The topological polar surface area (TPSA) is 82.6 Å². The van der Waals surface area contributed by atoms with Crippen molar-refractivity contribution in [1.29, 1.82) is 0 Å². The van der Waals surface area contributed by atoms with E-state index in [-0.39, 0.29) is 24.2 Å². The molecule has 1 aromatic rings. The minimum absolute atomic E-state index is 0.0445. The van der Waals surface area contributed by atoms with E-state index in [2.05, 4.69) is 34.4 Å². The lowest BCUT2D eigenvalue weighted by Gasteiger charge is -2.37. The van der Waals surface area contributed by atoms with Gasteiger partial charge in [0, 0.05) is 39.0 Å². The third kappa shape index (κ3) is 3.42. The zero-order valence-corrected chi connectivity index (χ0v) is 15.5. The van der Waals surface area contributed by atoms with E-state index in [1.807, 2.05) is 17.2 Å². The van der Waals surface area contributed by atoms with Gasteiger partial charge in [-0.05, 0) is 24.8 Å². The van der Waals surface area contributed by atoms with Crippen LogP contribution in [0.1, 0.15) is 26.7 Å². The molecule has 0 radical (unpaired) electrons. The van der Waals surface area contributed by atoms with Crippen molar-refractivity contribution in [2.24, 2.45) is 5.92 Å². The number of amides is 2. The van der Waals surface area contributed by atoms with E-state index in [1.165, 1.54) is 0 Å². The van der Waals surface area contributed by atoms with Crippen molar-refractivity contribution in [1.82, 2.24) is 20.2 Å². The Bertz CT molecular complexity index is 654. The van der Waals surface area contributed by atoms with Crippen molar-refractivity contribution >= 4 is 17.8 Å². The number of carbonyl (C=O) groups is 1. The monoisotopic (exact) mass is 360 g/mol. The number of aromatic nitrogens is 2. The van der Waals surface area contributed by atoms with Crippen LogP contribution < -0.4 is 15.5 Å². The van der Waals surface area contributed by atoms with Gasteiger partial charge in [-0.25, -0.2) is 9.78 Å². The molecule has 0 spiro atoms. The largest absolute Gasteiger partial charge is 0.376 e. The van der Waals surface area contributed by atoms with Gasteiger partial charge in [0.2, 0.25) is 5.95 Å². The van der Waals surface area contributed by atoms with Crippen molar-refractivity contribution < 1.29 is 9.53 Å². The first-order valence-corrected chi connectivity index (χ1v) is 9.62. The van der Waals surface area contributed by atoms with Gasteiger partial charge in [-0.3, -0.25) is 0 Å². The Kier molecular flexibility index (Phi) is 4.84. The van der Waals surface area contributed by atoms with Crippen molar-refractivity contribution in [2.75, 3.05) is 43.0 Å². The van der Waals surface area contributed by atoms with Gasteiger partial charge in [0.15, 0.2) is 0 Å². The van der Waals surface area contributed by atoms with Gasteiger partial charge in [0.25, 0.3) is 0 Å². The number of hydrogen-bond acceptors (Lipinski definition) is 6. The van der Waals surface area contributed by atoms with Crippen LogP contribution in [-0.4, -0.2) is 71.9 Å². The maximum atomic E-state index is 11.8. The number of nitrogens with one attached hydrogen (secondary N) is 2. The summed E-state index contributed by atoms with van der Waals surface area (Å²) >= 11 is 0. The number of ether oxygens (including phenoxy) is 1. The average molecular weight is 360 g/mol. The molecule has 3 fully saturated rings. The van der Waals surface area contributed by atoms with Gasteiger partial charge >= 0.3 is 6.03 Å². The molecule has 8 nitrogen and oxygen atoms in total. The molecule has 0 bridgehead atoms. The van der Waals surface area contributed by atoms with E-state index >= 15 is 0 Å². The molecule has 4 rings (SSSR count). The second-order valence-corrected chi connectivity index (χ2v) is 7.69. The molecule has 0 aromatic carbocycles. The number of carbonyl (C=O) groups excluding carboxylic acids is 1. The smallest absolute Gasteiger partial charge is 0.317 e. The number of fused-ring (bicyclic) bond motifs is 1. The van der Waals surface area contributed by atoms with Gasteiger partial charge in [0.05, 0.1) is 18.2 Å². The summed E-state index contributed by atoms with van der Waals surface area (Å²) in [6, 6.07) is 2.45. The van der Waals surface area contributed by atoms with Crippen LogP contribution in [0.3, 0.4) is 0 Å². The van der Waals surface area contributed by atoms with E-state index < -0.39 is 0 Å². The van der Waals surface area contributed by atoms with Gasteiger partial charge < -0.3 is 25.2 Å². The van der Waals surface area contributed by atoms with Crippen LogP contribution in [0.2, 0.25) is 0 Å². The molecular formula is C18H28N6O2. The average Bonchev–Trinajstić information content (AvgIpc) is 3.03. The lowest BCUT2D eigenvalue weighted by atomic mass is 9.94. The van der Waals surface area contributed by atoms with E-state index in [0.717, 1.165) is 44.3 Å². The highest BCUT2D eigenvalue weighted by molar-refractivity contribution is 5.77. The summed E-state index contributed by atoms with van der Waals surface area (Å²) in [4.78, 5) is 25.0. The van der Waals surface area contributed by atoms with E-state index in [9.17, 15) is 4.79 Å². The Hall–Kier alpha value is -2.09. The molecule has 3 aliphatic heterocycles. The molecule has 1 aromatic heterocycles. The molecule has 3 saturated heterocycles. The minimum atomic E-state index is 0.0445. The number of hydrogen-bond donors (Lipinski definition) is 2. The lowest BCUT2D eigenvalue weighted by molar-refractivity contribution is -0.0203. The first kappa shape index (κ1) is 17.3. The molecule has 3 unspecified atom stereocenters. The van der Waals surface area contributed by atoms with Crippen LogP contribution in [0.15, 0.2) is 12.3 Å². The Labute approximate surface area is 154 Å². The van der Waals surface area contributed by atoms with Crippen LogP contribution in [0.5, 0.6) is 0 Å². The Balaban J connectivity index is 1.44. The SMILES string of the molecule is CC(C)C1OCCCC1Nc1ccnc(N2CCN3C(=O)NCC3C2)n1. The normalized spacial score (nSPS) is 28.9. The highest BCUT2D eigenvalue weighted by Crippen LogP contribution is 2.24. The van der Waals surface area contributed by atoms with Gasteiger partial charge in [-0.1, -0.05) is 13.8 Å². The molecule has 0 saturated carbocycles. The Morgan fingerprint density at radius 1 is 1.38 bits per heavy atom. The predicted octanol–water partition coefficient (Wildman–Crippen LogP) is 1.31. The highest BCUT2D eigenvalue weighted by Gasteiger charge is 2.36. The summed E-state index contributed by atoms with van der Waals surface area (Å²) in [6.45, 7) is 8.18. The quantitative estimate of drug-likeness (QED) is 0.842. The van der Waals surface area contributed by atoms with Crippen molar-refractivity contribution in [3.63, 3.8) is 0 Å². The zero-order valence-electron chi connectivity index (χ0n) is 15.5. The predicted molar refractivity (Wildman–Crippen MR) is 99.4 cm³/mol. The number of nitrogens with zero attached hydrogens (tertiary/aromatic N) is 4. The molecule has 8 heteroatoms. The van der Waals surface area contributed by atoms with Crippen LogP contribution in [0.25, 0.3) is 0 Å². The molecule has 4 heterocycles. The summed E-state index contributed by atoms with van der Waals surface area (Å²) in [6.07, 6.45) is 4.19. The van der Waals surface area contributed by atoms with Gasteiger partial charge in [-0.15, -0.1) is 0 Å². The Morgan fingerprint density at radius 2 is 2.27 bits per heavy atom. The van der Waals surface area contributed by atoms with Crippen LogP contribution in [-0.2, 0) is 4.74 Å².